The SMILES string of the molecule is C/C(=N\NC(=O)[C@H]1C[C@@H]1c1ccc(C(C)(C)C)cc1)c1cccc(NC(=O)c2ccccc2F)c1. The summed E-state index contributed by atoms with van der Waals surface area (Å²) in [6.07, 6.45) is 0.812. The number of carbonyl (C=O) groups is 2. The fourth-order valence-electron chi connectivity index (χ4n) is 4.04. The molecule has 1 fully saturated rings. The standard InChI is InChI=1S/C29H30FN3O2/c1-18(20-8-7-9-22(16-20)31-27(34)23-10-5-6-11-26(23)30)32-33-28(35)25-17-24(25)19-12-14-21(15-13-19)29(2,3)4/h5-16,24-25H,17H2,1-4H3,(H,31,34)(H,33,35)/b32-18+/t24-,25+/m1/s1. The van der Waals surface area contributed by atoms with Crippen LogP contribution in [0.3, 0.4) is 0 Å². The van der Waals surface area contributed by atoms with E-state index in [0.29, 0.717) is 11.4 Å². The summed E-state index contributed by atoms with van der Waals surface area (Å²) in [5.74, 6) is -1.07. The number of hydrogen-bond acceptors (Lipinski definition) is 3. The van der Waals surface area contributed by atoms with E-state index in [1.165, 1.54) is 29.3 Å². The van der Waals surface area contributed by atoms with Crippen molar-refractivity contribution < 1.29 is 14.0 Å². The molecule has 0 aromatic heterocycles. The molecule has 0 heterocycles. The van der Waals surface area contributed by atoms with Gasteiger partial charge < -0.3 is 5.32 Å². The van der Waals surface area contributed by atoms with Crippen LogP contribution in [-0.4, -0.2) is 17.5 Å². The smallest absolute Gasteiger partial charge is 0.258 e. The Morgan fingerprint density at radius 1 is 0.971 bits per heavy atom. The molecule has 3 aromatic carbocycles. The van der Waals surface area contributed by atoms with Crippen LogP contribution in [0.15, 0.2) is 77.9 Å². The van der Waals surface area contributed by atoms with Crippen molar-refractivity contribution in [2.24, 2.45) is 11.0 Å². The molecule has 1 saturated carbocycles. The minimum Gasteiger partial charge on any atom is -0.322 e. The van der Waals surface area contributed by atoms with Gasteiger partial charge >= 0.3 is 0 Å². The second kappa shape index (κ2) is 9.82. The Kier molecular flexibility index (Phi) is 6.83. The van der Waals surface area contributed by atoms with Crippen molar-refractivity contribution in [3.63, 3.8) is 0 Å². The number of hydrogen-bond donors (Lipinski definition) is 2. The summed E-state index contributed by atoms with van der Waals surface area (Å²) < 4.78 is 13.9. The molecule has 0 bridgehead atoms. The molecule has 0 saturated heterocycles. The first-order valence-electron chi connectivity index (χ1n) is 11.7. The molecule has 0 aliphatic heterocycles. The molecular weight excluding hydrogens is 441 g/mol. The van der Waals surface area contributed by atoms with Crippen molar-refractivity contribution in [2.45, 2.75) is 45.4 Å². The number of benzene rings is 3. The van der Waals surface area contributed by atoms with Crippen LogP contribution < -0.4 is 10.7 Å². The van der Waals surface area contributed by atoms with Gasteiger partial charge in [0.15, 0.2) is 0 Å². The summed E-state index contributed by atoms with van der Waals surface area (Å²) >= 11 is 0. The molecule has 3 aromatic rings. The molecule has 2 N–H and O–H groups in total. The molecule has 0 unspecified atom stereocenters. The van der Waals surface area contributed by atoms with Gasteiger partial charge in [-0.3, -0.25) is 9.59 Å². The summed E-state index contributed by atoms with van der Waals surface area (Å²) in [5.41, 5.74) is 7.06. The Balaban J connectivity index is 1.36. The van der Waals surface area contributed by atoms with Crippen molar-refractivity contribution >= 4 is 23.2 Å². The lowest BCUT2D eigenvalue weighted by atomic mass is 9.86. The van der Waals surface area contributed by atoms with Gasteiger partial charge in [0.1, 0.15) is 5.82 Å². The van der Waals surface area contributed by atoms with Gasteiger partial charge in [-0.1, -0.05) is 69.3 Å². The lowest BCUT2D eigenvalue weighted by molar-refractivity contribution is -0.122. The topological polar surface area (TPSA) is 70.6 Å². The fraction of sp³-hybridized carbons (Fsp3) is 0.276. The quantitative estimate of drug-likeness (QED) is 0.341. The molecule has 0 spiro atoms. The number of hydrazone groups is 1. The van der Waals surface area contributed by atoms with Gasteiger partial charge in [-0.2, -0.15) is 5.10 Å². The Labute approximate surface area is 205 Å². The van der Waals surface area contributed by atoms with Crippen LogP contribution in [0.25, 0.3) is 0 Å². The van der Waals surface area contributed by atoms with Crippen LogP contribution in [0.4, 0.5) is 10.1 Å². The number of anilines is 1. The van der Waals surface area contributed by atoms with Gasteiger partial charge in [0, 0.05) is 11.6 Å². The number of nitrogens with zero attached hydrogens (tertiary/aromatic N) is 1. The van der Waals surface area contributed by atoms with E-state index in [-0.39, 0.29) is 28.7 Å². The highest BCUT2D eigenvalue weighted by atomic mass is 19.1. The van der Waals surface area contributed by atoms with Gasteiger partial charge in [0.2, 0.25) is 5.91 Å². The first kappa shape index (κ1) is 24.3. The normalized spacial score (nSPS) is 17.6. The van der Waals surface area contributed by atoms with E-state index < -0.39 is 11.7 Å². The lowest BCUT2D eigenvalue weighted by Crippen LogP contribution is -2.21. The van der Waals surface area contributed by atoms with Crippen LogP contribution in [0.2, 0.25) is 0 Å². The zero-order valence-electron chi connectivity index (χ0n) is 20.4. The van der Waals surface area contributed by atoms with E-state index in [1.807, 2.05) is 6.07 Å². The van der Waals surface area contributed by atoms with Crippen LogP contribution in [0.1, 0.15) is 67.1 Å². The maximum atomic E-state index is 13.9. The average molecular weight is 472 g/mol. The second-order valence-electron chi connectivity index (χ2n) is 10.0. The number of amides is 2. The van der Waals surface area contributed by atoms with E-state index in [4.69, 9.17) is 0 Å². The number of nitrogens with one attached hydrogen (secondary N) is 2. The number of carbonyl (C=O) groups excluding carboxylic acids is 2. The minimum absolute atomic E-state index is 0.0254. The van der Waals surface area contributed by atoms with Crippen molar-refractivity contribution in [1.82, 2.24) is 5.43 Å². The third-order valence-corrected chi connectivity index (χ3v) is 6.32. The molecule has 5 nitrogen and oxygen atoms in total. The summed E-state index contributed by atoms with van der Waals surface area (Å²) in [6.45, 7) is 8.33. The van der Waals surface area contributed by atoms with Crippen molar-refractivity contribution in [2.75, 3.05) is 5.32 Å². The molecule has 1 aliphatic rings. The highest BCUT2D eigenvalue weighted by Gasteiger charge is 2.44. The Bertz CT molecular complexity index is 1280. The van der Waals surface area contributed by atoms with E-state index in [0.717, 1.165) is 12.0 Å². The first-order chi connectivity index (χ1) is 16.6. The predicted molar refractivity (Wildman–Crippen MR) is 137 cm³/mol. The van der Waals surface area contributed by atoms with Gasteiger partial charge in [0.05, 0.1) is 11.3 Å². The van der Waals surface area contributed by atoms with Crippen LogP contribution in [0, 0.1) is 11.7 Å². The lowest BCUT2D eigenvalue weighted by Gasteiger charge is -2.19. The fourth-order valence-corrected chi connectivity index (χ4v) is 4.04. The maximum Gasteiger partial charge on any atom is 0.258 e. The predicted octanol–water partition coefficient (Wildman–Crippen LogP) is 6.02. The third kappa shape index (κ3) is 5.83. The summed E-state index contributed by atoms with van der Waals surface area (Å²) in [4.78, 5) is 25.0. The monoisotopic (exact) mass is 471 g/mol. The van der Waals surface area contributed by atoms with E-state index in [2.05, 4.69) is 60.9 Å². The zero-order valence-corrected chi connectivity index (χ0v) is 20.4. The average Bonchev–Trinajstić information content (AvgIpc) is 3.63. The number of halogens is 1. The van der Waals surface area contributed by atoms with E-state index >= 15 is 0 Å². The van der Waals surface area contributed by atoms with Gasteiger partial charge in [-0.25, -0.2) is 9.82 Å². The van der Waals surface area contributed by atoms with Gasteiger partial charge in [-0.15, -0.1) is 0 Å². The minimum atomic E-state index is -0.579. The number of rotatable bonds is 6. The molecule has 180 valence electrons. The largest absolute Gasteiger partial charge is 0.322 e. The van der Waals surface area contributed by atoms with Crippen molar-refractivity contribution in [3.8, 4) is 0 Å². The Morgan fingerprint density at radius 2 is 1.69 bits per heavy atom. The second-order valence-corrected chi connectivity index (χ2v) is 10.0. The van der Waals surface area contributed by atoms with Gasteiger partial charge in [-0.05, 0) is 65.6 Å². The highest BCUT2D eigenvalue weighted by Crippen LogP contribution is 2.47. The van der Waals surface area contributed by atoms with Crippen molar-refractivity contribution in [3.05, 3.63) is 101 Å². The van der Waals surface area contributed by atoms with E-state index in [9.17, 15) is 14.0 Å². The van der Waals surface area contributed by atoms with Crippen molar-refractivity contribution in [1.29, 1.82) is 0 Å². The van der Waals surface area contributed by atoms with Crippen LogP contribution in [0.5, 0.6) is 0 Å². The molecular formula is C29H30FN3O2. The van der Waals surface area contributed by atoms with Gasteiger partial charge in [0.25, 0.3) is 5.91 Å². The van der Waals surface area contributed by atoms with Crippen LogP contribution in [-0.2, 0) is 10.2 Å². The third-order valence-electron chi connectivity index (χ3n) is 6.32. The maximum absolute atomic E-state index is 13.9. The Morgan fingerprint density at radius 3 is 2.37 bits per heavy atom. The molecule has 35 heavy (non-hydrogen) atoms. The zero-order chi connectivity index (χ0) is 25.2. The van der Waals surface area contributed by atoms with E-state index in [1.54, 1.807) is 31.2 Å². The van der Waals surface area contributed by atoms with Crippen LogP contribution >= 0.6 is 0 Å². The molecule has 4 rings (SSSR count). The Hall–Kier alpha value is -3.80. The molecule has 1 aliphatic carbocycles. The molecule has 0 radical (unpaired) electrons. The summed E-state index contributed by atoms with van der Waals surface area (Å²) in [5, 5.41) is 6.97. The highest BCUT2D eigenvalue weighted by molar-refractivity contribution is 6.06. The summed E-state index contributed by atoms with van der Waals surface area (Å²) in [6, 6.07) is 21.4. The molecule has 2 amide bonds. The summed E-state index contributed by atoms with van der Waals surface area (Å²) in [7, 11) is 0. The molecule has 6 heteroatoms. The molecule has 2 atom stereocenters. The first-order valence-corrected chi connectivity index (χ1v) is 11.7.